The smallest absolute Gasteiger partial charge is 0.274 e. The van der Waals surface area contributed by atoms with E-state index in [2.05, 4.69) is 0 Å². The van der Waals surface area contributed by atoms with Crippen molar-refractivity contribution in [1.82, 2.24) is 0 Å². The molecule has 0 aliphatic carbocycles. The minimum Gasteiger partial charge on any atom is -0.304 e. The molecule has 0 saturated carbocycles. The molecule has 6 nitrogen and oxygen atoms in total. The maximum atomic E-state index is 14.1. The van der Waals surface area contributed by atoms with Crippen molar-refractivity contribution in [1.29, 1.82) is 0 Å². The average Bonchev–Trinajstić information content (AvgIpc) is 3.13. The first-order chi connectivity index (χ1) is 15.7. The Morgan fingerprint density at radius 2 is 1.73 bits per heavy atom. The van der Waals surface area contributed by atoms with Crippen molar-refractivity contribution in [3.05, 3.63) is 94.0 Å². The van der Waals surface area contributed by atoms with E-state index in [1.165, 1.54) is 11.0 Å². The number of carbonyl (C=O) groups excluding carboxylic acids is 2. The highest BCUT2D eigenvalue weighted by atomic mass is 35.5. The molecule has 2 aliphatic rings. The summed E-state index contributed by atoms with van der Waals surface area (Å²) in [6, 6.07) is 19.3. The maximum absolute atomic E-state index is 14.1. The van der Waals surface area contributed by atoms with Crippen molar-refractivity contribution in [2.24, 2.45) is 0 Å². The summed E-state index contributed by atoms with van der Waals surface area (Å²) in [4.78, 5) is 27.7. The molecule has 8 heteroatoms. The first-order valence-corrected chi connectivity index (χ1v) is 12.5. The molecule has 3 aromatic carbocycles. The van der Waals surface area contributed by atoms with E-state index < -0.39 is 32.3 Å². The summed E-state index contributed by atoms with van der Waals surface area (Å²) in [7, 11) is -4.21. The number of fused-ring (bicyclic) bond motifs is 2. The molecule has 1 atom stereocenters. The van der Waals surface area contributed by atoms with Gasteiger partial charge in [-0.2, -0.15) is 0 Å². The first kappa shape index (κ1) is 21.7. The molecule has 0 bridgehead atoms. The van der Waals surface area contributed by atoms with Crippen LogP contribution in [0.4, 0.5) is 11.4 Å². The van der Waals surface area contributed by atoms with Crippen LogP contribution in [0.15, 0.2) is 66.7 Å². The van der Waals surface area contributed by atoms with Crippen LogP contribution in [0.2, 0.25) is 5.02 Å². The minimum absolute atomic E-state index is 0.186. The first-order valence-electron chi connectivity index (χ1n) is 10.5. The Morgan fingerprint density at radius 3 is 2.45 bits per heavy atom. The molecule has 33 heavy (non-hydrogen) atoms. The number of para-hydroxylation sites is 1. The van der Waals surface area contributed by atoms with Gasteiger partial charge in [0.25, 0.3) is 10.8 Å². The fourth-order valence-electron chi connectivity index (χ4n) is 4.76. The molecule has 1 spiro atoms. The zero-order valence-electron chi connectivity index (χ0n) is 18.1. The number of benzene rings is 3. The maximum Gasteiger partial charge on any atom is 0.274 e. The standard InChI is InChI=1S/C25H21ClN2O4S/c1-16-6-5-7-18(12-16)14-27-22-9-4-3-8-20(22)25(24(27)30)28(23(29)15-33(25,31)32)19-11-10-17(2)21(26)13-19/h3-13H,14-15H2,1-2H3/t25-/m0/s1. The number of aryl methyl sites for hydroxylation is 2. The van der Waals surface area contributed by atoms with Gasteiger partial charge in [0, 0.05) is 16.3 Å². The highest BCUT2D eigenvalue weighted by Crippen LogP contribution is 2.53. The van der Waals surface area contributed by atoms with Crippen LogP contribution in [0.1, 0.15) is 22.3 Å². The predicted molar refractivity (Wildman–Crippen MR) is 128 cm³/mol. The molecule has 0 radical (unpaired) electrons. The second-order valence-electron chi connectivity index (χ2n) is 8.46. The van der Waals surface area contributed by atoms with Gasteiger partial charge in [-0.1, -0.05) is 65.7 Å². The van der Waals surface area contributed by atoms with Crippen molar-refractivity contribution in [2.75, 3.05) is 15.6 Å². The normalized spacial score (nSPS) is 21.2. The van der Waals surface area contributed by atoms with Crippen molar-refractivity contribution in [3.8, 4) is 0 Å². The van der Waals surface area contributed by atoms with E-state index in [0.717, 1.165) is 21.6 Å². The lowest BCUT2D eigenvalue weighted by molar-refractivity contribution is -0.123. The van der Waals surface area contributed by atoms with Gasteiger partial charge < -0.3 is 4.90 Å². The Balaban J connectivity index is 1.74. The Labute approximate surface area is 197 Å². The van der Waals surface area contributed by atoms with Crippen LogP contribution in [0.25, 0.3) is 0 Å². The zero-order chi connectivity index (χ0) is 23.5. The van der Waals surface area contributed by atoms with Gasteiger partial charge >= 0.3 is 0 Å². The Kier molecular flexibility index (Phi) is 4.88. The Bertz CT molecular complexity index is 1440. The van der Waals surface area contributed by atoms with E-state index in [9.17, 15) is 18.0 Å². The van der Waals surface area contributed by atoms with Gasteiger partial charge in [-0.3, -0.25) is 14.5 Å². The Hall–Kier alpha value is -3.16. The fourth-order valence-corrected chi connectivity index (χ4v) is 6.97. The number of nitrogens with zero attached hydrogens (tertiary/aromatic N) is 2. The lowest BCUT2D eigenvalue weighted by atomic mass is 10.0. The summed E-state index contributed by atoms with van der Waals surface area (Å²) in [6.07, 6.45) is 0. The molecule has 2 aliphatic heterocycles. The number of anilines is 2. The van der Waals surface area contributed by atoms with E-state index in [1.54, 1.807) is 36.4 Å². The molecule has 5 rings (SSSR count). The summed E-state index contributed by atoms with van der Waals surface area (Å²) in [5, 5.41) is 0.384. The lowest BCUT2D eigenvalue weighted by Crippen LogP contribution is -2.54. The highest BCUT2D eigenvalue weighted by molar-refractivity contribution is 7.94. The molecule has 0 N–H and O–H groups in total. The summed E-state index contributed by atoms with van der Waals surface area (Å²) in [5.74, 6) is -2.07. The van der Waals surface area contributed by atoms with Gasteiger partial charge in [0.1, 0.15) is 5.75 Å². The van der Waals surface area contributed by atoms with Crippen LogP contribution in [-0.2, 0) is 30.8 Å². The van der Waals surface area contributed by atoms with Gasteiger partial charge in [-0.15, -0.1) is 0 Å². The summed E-state index contributed by atoms with van der Waals surface area (Å²) in [5.41, 5.74) is 3.71. The van der Waals surface area contributed by atoms with Crippen LogP contribution in [0, 0.1) is 13.8 Å². The number of sulfone groups is 1. The topological polar surface area (TPSA) is 74.8 Å². The molecule has 2 heterocycles. The average molecular weight is 481 g/mol. The molecular formula is C25H21ClN2O4S. The van der Waals surface area contributed by atoms with E-state index in [4.69, 9.17) is 11.6 Å². The highest BCUT2D eigenvalue weighted by Gasteiger charge is 2.69. The van der Waals surface area contributed by atoms with E-state index in [-0.39, 0.29) is 17.8 Å². The van der Waals surface area contributed by atoms with Crippen molar-refractivity contribution < 1.29 is 18.0 Å². The molecule has 168 valence electrons. The number of carbonyl (C=O) groups is 2. The lowest BCUT2D eigenvalue weighted by Gasteiger charge is -2.32. The van der Waals surface area contributed by atoms with Crippen molar-refractivity contribution in [2.45, 2.75) is 25.3 Å². The van der Waals surface area contributed by atoms with Gasteiger partial charge in [-0.25, -0.2) is 8.42 Å². The van der Waals surface area contributed by atoms with E-state index >= 15 is 0 Å². The number of rotatable bonds is 3. The SMILES string of the molecule is Cc1cccc(CN2C(=O)[C@@]3(c4ccccc42)N(c2ccc(C)c(Cl)c2)C(=O)CS3(=O)=O)c1. The number of hydrogen-bond donors (Lipinski definition) is 0. The van der Waals surface area contributed by atoms with Crippen LogP contribution >= 0.6 is 11.6 Å². The number of amides is 2. The number of halogens is 1. The molecule has 0 unspecified atom stereocenters. The minimum atomic E-state index is -4.21. The third kappa shape index (κ3) is 3.03. The van der Waals surface area contributed by atoms with E-state index in [1.807, 2.05) is 38.1 Å². The van der Waals surface area contributed by atoms with Crippen LogP contribution < -0.4 is 9.80 Å². The third-order valence-electron chi connectivity index (χ3n) is 6.26. The second-order valence-corrected chi connectivity index (χ2v) is 11.0. The molecule has 1 saturated heterocycles. The third-order valence-corrected chi connectivity index (χ3v) is 8.77. The summed E-state index contributed by atoms with van der Waals surface area (Å²) in [6.45, 7) is 3.95. The predicted octanol–water partition coefficient (Wildman–Crippen LogP) is 4.12. The fraction of sp³-hybridized carbons (Fsp3) is 0.200. The Morgan fingerprint density at radius 1 is 0.970 bits per heavy atom. The largest absolute Gasteiger partial charge is 0.304 e. The monoisotopic (exact) mass is 480 g/mol. The second kappa shape index (κ2) is 7.43. The summed E-state index contributed by atoms with van der Waals surface area (Å²) < 4.78 is 27.2. The molecular weight excluding hydrogens is 460 g/mol. The van der Waals surface area contributed by atoms with E-state index in [0.29, 0.717) is 10.7 Å². The zero-order valence-corrected chi connectivity index (χ0v) is 19.7. The molecule has 2 amide bonds. The quantitative estimate of drug-likeness (QED) is 0.565. The molecule has 3 aromatic rings. The van der Waals surface area contributed by atoms with Crippen molar-refractivity contribution >= 4 is 44.6 Å². The van der Waals surface area contributed by atoms with Crippen LogP contribution in [-0.4, -0.2) is 26.0 Å². The number of hydrogen-bond acceptors (Lipinski definition) is 4. The van der Waals surface area contributed by atoms with Gasteiger partial charge in [0.15, 0.2) is 9.84 Å². The molecule has 1 fully saturated rings. The van der Waals surface area contributed by atoms with Crippen LogP contribution in [0.5, 0.6) is 0 Å². The van der Waals surface area contributed by atoms with Gasteiger partial charge in [0.2, 0.25) is 5.91 Å². The summed E-state index contributed by atoms with van der Waals surface area (Å²) >= 11 is 6.31. The van der Waals surface area contributed by atoms with Gasteiger partial charge in [0.05, 0.1) is 12.2 Å². The van der Waals surface area contributed by atoms with Crippen LogP contribution in [0.3, 0.4) is 0 Å². The van der Waals surface area contributed by atoms with Crippen molar-refractivity contribution in [3.63, 3.8) is 0 Å². The molecule has 0 aromatic heterocycles. The van der Waals surface area contributed by atoms with Gasteiger partial charge in [-0.05, 0) is 43.2 Å².